The van der Waals surface area contributed by atoms with Gasteiger partial charge < -0.3 is 5.73 Å². The maximum absolute atomic E-state index is 12.6. The van der Waals surface area contributed by atoms with E-state index in [1.165, 1.54) is 12.1 Å². The second-order valence-corrected chi connectivity index (χ2v) is 7.48. The van der Waals surface area contributed by atoms with Crippen LogP contribution in [0.1, 0.15) is 11.6 Å². The van der Waals surface area contributed by atoms with E-state index < -0.39 is 21.0 Å². The van der Waals surface area contributed by atoms with Crippen molar-refractivity contribution in [2.24, 2.45) is 5.73 Å². The second kappa shape index (κ2) is 7.20. The molecule has 0 bridgehead atoms. The SMILES string of the molecule is NCC(NS(=O)(=O)c1ccc([N+](=O)[O-])cc1)c1ccc2ccccc2c1. The molecule has 0 aromatic heterocycles. The van der Waals surface area contributed by atoms with Gasteiger partial charge in [-0.1, -0.05) is 36.4 Å². The van der Waals surface area contributed by atoms with E-state index in [1.807, 2.05) is 42.5 Å². The van der Waals surface area contributed by atoms with Crippen LogP contribution in [0.5, 0.6) is 0 Å². The van der Waals surface area contributed by atoms with Crippen LogP contribution in [-0.4, -0.2) is 19.9 Å². The normalized spacial score (nSPS) is 12.8. The molecule has 26 heavy (non-hydrogen) atoms. The van der Waals surface area contributed by atoms with Gasteiger partial charge in [0, 0.05) is 18.7 Å². The maximum Gasteiger partial charge on any atom is 0.269 e. The number of hydrogen-bond acceptors (Lipinski definition) is 5. The molecule has 0 radical (unpaired) electrons. The number of nitrogens with two attached hydrogens (primary N) is 1. The van der Waals surface area contributed by atoms with Crippen LogP contribution in [0.2, 0.25) is 0 Å². The average Bonchev–Trinajstić information content (AvgIpc) is 2.65. The summed E-state index contributed by atoms with van der Waals surface area (Å²) in [6.45, 7) is 0.0740. The Morgan fingerprint density at radius 2 is 1.65 bits per heavy atom. The molecule has 0 aliphatic carbocycles. The lowest BCUT2D eigenvalue weighted by molar-refractivity contribution is -0.384. The Labute approximate surface area is 150 Å². The molecule has 3 rings (SSSR count). The number of hydrogen-bond donors (Lipinski definition) is 2. The molecule has 7 nitrogen and oxygen atoms in total. The van der Waals surface area contributed by atoms with Crippen LogP contribution in [-0.2, 0) is 10.0 Å². The molecule has 3 N–H and O–H groups in total. The summed E-state index contributed by atoms with van der Waals surface area (Å²) in [6.07, 6.45) is 0. The monoisotopic (exact) mass is 371 g/mol. The van der Waals surface area contributed by atoms with Crippen molar-refractivity contribution in [1.29, 1.82) is 0 Å². The van der Waals surface area contributed by atoms with Gasteiger partial charge in [0.05, 0.1) is 15.9 Å². The van der Waals surface area contributed by atoms with Gasteiger partial charge in [0.25, 0.3) is 5.69 Å². The smallest absolute Gasteiger partial charge is 0.269 e. The molecule has 3 aromatic rings. The highest BCUT2D eigenvalue weighted by atomic mass is 32.2. The van der Waals surface area contributed by atoms with Gasteiger partial charge in [0.1, 0.15) is 0 Å². The van der Waals surface area contributed by atoms with Gasteiger partial charge in [-0.3, -0.25) is 10.1 Å². The molecule has 0 heterocycles. The van der Waals surface area contributed by atoms with E-state index >= 15 is 0 Å². The minimum absolute atomic E-state index is 0.0534. The number of benzene rings is 3. The van der Waals surface area contributed by atoms with Gasteiger partial charge in [-0.2, -0.15) is 0 Å². The Balaban J connectivity index is 1.88. The molecule has 0 fully saturated rings. The highest BCUT2D eigenvalue weighted by Crippen LogP contribution is 2.22. The van der Waals surface area contributed by atoms with Gasteiger partial charge >= 0.3 is 0 Å². The molecule has 0 aliphatic rings. The lowest BCUT2D eigenvalue weighted by Gasteiger charge is -2.18. The highest BCUT2D eigenvalue weighted by molar-refractivity contribution is 7.89. The topological polar surface area (TPSA) is 115 Å². The number of non-ortho nitro benzene ring substituents is 1. The van der Waals surface area contributed by atoms with Crippen molar-refractivity contribution in [3.05, 3.63) is 82.4 Å². The molecule has 8 heteroatoms. The minimum Gasteiger partial charge on any atom is -0.329 e. The average molecular weight is 371 g/mol. The van der Waals surface area contributed by atoms with Crippen LogP contribution in [0.4, 0.5) is 5.69 Å². The standard InChI is InChI=1S/C18H17N3O4S/c19-12-18(15-6-5-13-3-1-2-4-14(13)11-15)20-26(24,25)17-9-7-16(8-10-17)21(22)23/h1-11,18,20H,12,19H2. The molecule has 0 spiro atoms. The summed E-state index contributed by atoms with van der Waals surface area (Å²) < 4.78 is 27.7. The Hall–Kier alpha value is -2.81. The molecule has 0 aliphatic heterocycles. The van der Waals surface area contributed by atoms with Crippen LogP contribution in [0, 0.1) is 10.1 Å². The van der Waals surface area contributed by atoms with E-state index in [-0.39, 0.29) is 17.1 Å². The zero-order valence-electron chi connectivity index (χ0n) is 13.7. The first-order valence-corrected chi connectivity index (χ1v) is 9.34. The van der Waals surface area contributed by atoms with Crippen molar-refractivity contribution in [1.82, 2.24) is 4.72 Å². The fourth-order valence-electron chi connectivity index (χ4n) is 2.68. The molecule has 3 aromatic carbocycles. The summed E-state index contributed by atoms with van der Waals surface area (Å²) in [5, 5.41) is 12.7. The van der Waals surface area contributed by atoms with Crippen molar-refractivity contribution in [3.8, 4) is 0 Å². The Morgan fingerprint density at radius 3 is 2.27 bits per heavy atom. The van der Waals surface area contributed by atoms with Crippen molar-refractivity contribution >= 4 is 26.5 Å². The minimum atomic E-state index is -3.87. The summed E-state index contributed by atoms with van der Waals surface area (Å²) in [5.41, 5.74) is 6.36. The predicted octanol–water partition coefficient (Wildman–Crippen LogP) is 2.73. The Bertz CT molecular complexity index is 1050. The first-order valence-electron chi connectivity index (χ1n) is 7.86. The first kappa shape index (κ1) is 18.0. The number of sulfonamides is 1. The van der Waals surface area contributed by atoms with Crippen molar-refractivity contribution in [3.63, 3.8) is 0 Å². The highest BCUT2D eigenvalue weighted by Gasteiger charge is 2.21. The molecular weight excluding hydrogens is 354 g/mol. The third-order valence-electron chi connectivity index (χ3n) is 4.07. The van der Waals surface area contributed by atoms with E-state index in [2.05, 4.69) is 4.72 Å². The zero-order valence-corrected chi connectivity index (χ0v) is 14.5. The Morgan fingerprint density at radius 1 is 1.00 bits per heavy atom. The van der Waals surface area contributed by atoms with Gasteiger partial charge in [-0.05, 0) is 34.5 Å². The molecule has 0 saturated heterocycles. The van der Waals surface area contributed by atoms with Crippen molar-refractivity contribution in [2.45, 2.75) is 10.9 Å². The Kier molecular flexibility index (Phi) is 4.99. The number of rotatable bonds is 6. The van der Waals surface area contributed by atoms with Crippen LogP contribution in [0.25, 0.3) is 10.8 Å². The number of nitrogens with one attached hydrogen (secondary N) is 1. The molecular formula is C18H17N3O4S. The van der Waals surface area contributed by atoms with Gasteiger partial charge in [-0.25, -0.2) is 13.1 Å². The lowest BCUT2D eigenvalue weighted by Crippen LogP contribution is -2.33. The van der Waals surface area contributed by atoms with E-state index in [9.17, 15) is 18.5 Å². The van der Waals surface area contributed by atoms with Gasteiger partial charge in [0.2, 0.25) is 10.0 Å². The summed E-state index contributed by atoms with van der Waals surface area (Å²) in [4.78, 5) is 10.1. The van der Waals surface area contributed by atoms with E-state index in [1.54, 1.807) is 0 Å². The molecule has 134 valence electrons. The quantitative estimate of drug-likeness (QED) is 0.510. The number of nitrogens with zero attached hydrogens (tertiary/aromatic N) is 1. The van der Waals surface area contributed by atoms with Gasteiger partial charge in [0.15, 0.2) is 0 Å². The largest absolute Gasteiger partial charge is 0.329 e. The molecule has 1 unspecified atom stereocenters. The van der Waals surface area contributed by atoms with Crippen LogP contribution >= 0.6 is 0 Å². The number of fused-ring (bicyclic) bond motifs is 1. The second-order valence-electron chi connectivity index (χ2n) is 5.77. The van der Waals surface area contributed by atoms with Gasteiger partial charge in [-0.15, -0.1) is 0 Å². The fourth-order valence-corrected chi connectivity index (χ4v) is 3.92. The zero-order chi connectivity index (χ0) is 18.7. The predicted molar refractivity (Wildman–Crippen MR) is 99.2 cm³/mol. The summed E-state index contributed by atoms with van der Waals surface area (Å²) in [5.74, 6) is 0. The first-order chi connectivity index (χ1) is 12.4. The maximum atomic E-state index is 12.6. The fraction of sp³-hybridized carbons (Fsp3) is 0.111. The van der Waals surface area contributed by atoms with E-state index in [0.717, 1.165) is 28.5 Å². The van der Waals surface area contributed by atoms with Crippen molar-refractivity contribution < 1.29 is 13.3 Å². The molecule has 1 atom stereocenters. The van der Waals surface area contributed by atoms with Crippen LogP contribution < -0.4 is 10.5 Å². The third kappa shape index (κ3) is 3.72. The van der Waals surface area contributed by atoms with E-state index in [4.69, 9.17) is 5.73 Å². The number of nitro groups is 1. The van der Waals surface area contributed by atoms with Crippen LogP contribution in [0.3, 0.4) is 0 Å². The number of nitro benzene ring substituents is 1. The third-order valence-corrected chi connectivity index (χ3v) is 5.55. The van der Waals surface area contributed by atoms with E-state index in [0.29, 0.717) is 0 Å². The summed E-state index contributed by atoms with van der Waals surface area (Å²) in [7, 11) is -3.87. The molecule has 0 saturated carbocycles. The summed E-state index contributed by atoms with van der Waals surface area (Å²) in [6, 6.07) is 17.5. The van der Waals surface area contributed by atoms with Crippen molar-refractivity contribution in [2.75, 3.05) is 6.54 Å². The summed E-state index contributed by atoms with van der Waals surface area (Å²) >= 11 is 0. The van der Waals surface area contributed by atoms with Crippen LogP contribution in [0.15, 0.2) is 71.6 Å². The lowest BCUT2D eigenvalue weighted by atomic mass is 10.0. The molecule has 0 amide bonds.